The lowest BCUT2D eigenvalue weighted by molar-refractivity contribution is 0.137. The van der Waals surface area contributed by atoms with Crippen LogP contribution in [0.5, 0.6) is 0 Å². The minimum Gasteiger partial charge on any atom is -0.375 e. The molecule has 1 atom stereocenters. The Balaban J connectivity index is 0.00000128. The molecule has 2 N–H and O–H groups in total. The zero-order valence-electron chi connectivity index (χ0n) is 9.69. The molecular formula is C11H20ClN3S. The first-order chi connectivity index (χ1) is 7.29. The van der Waals surface area contributed by atoms with E-state index in [9.17, 15) is 0 Å². The number of hydrogen-bond acceptors (Lipinski definition) is 4. The van der Waals surface area contributed by atoms with Crippen molar-refractivity contribution >= 4 is 28.9 Å². The van der Waals surface area contributed by atoms with Crippen molar-refractivity contribution in [1.29, 1.82) is 0 Å². The van der Waals surface area contributed by atoms with Crippen molar-refractivity contribution in [2.45, 2.75) is 45.2 Å². The molecule has 1 aliphatic heterocycles. The van der Waals surface area contributed by atoms with Gasteiger partial charge in [0, 0.05) is 23.7 Å². The van der Waals surface area contributed by atoms with Crippen LogP contribution in [0.1, 0.15) is 37.5 Å². The summed E-state index contributed by atoms with van der Waals surface area (Å²) < 4.78 is 0. The first-order valence-corrected chi connectivity index (χ1v) is 6.55. The molecule has 1 aliphatic rings. The van der Waals surface area contributed by atoms with E-state index in [4.69, 9.17) is 5.73 Å². The molecule has 5 heteroatoms. The van der Waals surface area contributed by atoms with E-state index in [1.807, 2.05) is 6.20 Å². The molecule has 1 unspecified atom stereocenters. The van der Waals surface area contributed by atoms with Gasteiger partial charge in [0.1, 0.15) is 0 Å². The van der Waals surface area contributed by atoms with Crippen molar-refractivity contribution < 1.29 is 0 Å². The molecule has 0 saturated carbocycles. The third kappa shape index (κ3) is 3.34. The minimum absolute atomic E-state index is 0. The van der Waals surface area contributed by atoms with E-state index in [0.29, 0.717) is 5.13 Å². The Morgan fingerprint density at radius 2 is 2.38 bits per heavy atom. The molecule has 2 rings (SSSR count). The predicted octanol–water partition coefficient (Wildman–Crippen LogP) is 2.91. The Kier molecular flexibility index (Phi) is 5.52. The van der Waals surface area contributed by atoms with Gasteiger partial charge in [0.25, 0.3) is 0 Å². The van der Waals surface area contributed by atoms with E-state index in [1.165, 1.54) is 37.1 Å². The van der Waals surface area contributed by atoms with Gasteiger partial charge in [-0.3, -0.25) is 4.90 Å². The minimum atomic E-state index is 0. The largest absolute Gasteiger partial charge is 0.375 e. The number of anilines is 1. The second-order valence-corrected chi connectivity index (χ2v) is 5.34. The molecule has 1 aromatic heterocycles. The third-order valence-electron chi connectivity index (χ3n) is 3.15. The number of thiazole rings is 1. The number of nitrogen functional groups attached to an aromatic ring is 1. The van der Waals surface area contributed by atoms with Gasteiger partial charge in [0.05, 0.1) is 0 Å². The van der Waals surface area contributed by atoms with Gasteiger partial charge in [-0.25, -0.2) is 4.98 Å². The van der Waals surface area contributed by atoms with Gasteiger partial charge in [-0.2, -0.15) is 0 Å². The van der Waals surface area contributed by atoms with Gasteiger partial charge in [0.15, 0.2) is 5.13 Å². The number of halogens is 1. The molecule has 3 nitrogen and oxygen atoms in total. The van der Waals surface area contributed by atoms with Crippen molar-refractivity contribution in [3.63, 3.8) is 0 Å². The standard InChI is InChI=1S/C11H19N3S.ClH/c1-2-9-5-3-4-6-14(9)8-10-7-13-11(12)15-10;/h7,9H,2-6,8H2,1H3,(H2,12,13);1H. The van der Waals surface area contributed by atoms with E-state index >= 15 is 0 Å². The summed E-state index contributed by atoms with van der Waals surface area (Å²) in [7, 11) is 0. The molecule has 1 saturated heterocycles. The quantitative estimate of drug-likeness (QED) is 0.910. The summed E-state index contributed by atoms with van der Waals surface area (Å²) in [6, 6.07) is 0.766. The molecule has 0 aromatic carbocycles. The monoisotopic (exact) mass is 261 g/mol. The second-order valence-electron chi connectivity index (χ2n) is 4.19. The van der Waals surface area contributed by atoms with Crippen LogP contribution < -0.4 is 5.73 Å². The summed E-state index contributed by atoms with van der Waals surface area (Å²) in [6.45, 7) is 4.55. The van der Waals surface area contributed by atoms with Gasteiger partial charge in [-0.15, -0.1) is 23.7 Å². The van der Waals surface area contributed by atoms with E-state index in [1.54, 1.807) is 11.3 Å². The van der Waals surface area contributed by atoms with Crippen LogP contribution in [-0.4, -0.2) is 22.5 Å². The summed E-state index contributed by atoms with van der Waals surface area (Å²) in [4.78, 5) is 7.98. The Labute approximate surface area is 107 Å². The Hall–Kier alpha value is -0.320. The zero-order chi connectivity index (χ0) is 10.7. The van der Waals surface area contributed by atoms with Gasteiger partial charge in [-0.05, 0) is 25.8 Å². The summed E-state index contributed by atoms with van der Waals surface area (Å²) in [6.07, 6.45) is 7.25. The molecule has 0 bridgehead atoms. The molecule has 1 fully saturated rings. The van der Waals surface area contributed by atoms with E-state index in [2.05, 4.69) is 16.8 Å². The van der Waals surface area contributed by atoms with Crippen molar-refractivity contribution in [2.24, 2.45) is 0 Å². The van der Waals surface area contributed by atoms with E-state index < -0.39 is 0 Å². The van der Waals surface area contributed by atoms with Crippen LogP contribution in [0.15, 0.2) is 6.20 Å². The molecule has 92 valence electrons. The maximum Gasteiger partial charge on any atom is 0.180 e. The van der Waals surface area contributed by atoms with E-state index in [-0.39, 0.29) is 12.4 Å². The fourth-order valence-corrected chi connectivity index (χ4v) is 3.04. The number of rotatable bonds is 3. The number of hydrogen-bond donors (Lipinski definition) is 1. The Morgan fingerprint density at radius 3 is 3.00 bits per heavy atom. The normalized spacial score (nSPS) is 21.7. The highest BCUT2D eigenvalue weighted by Crippen LogP contribution is 2.24. The van der Waals surface area contributed by atoms with Crippen LogP contribution >= 0.6 is 23.7 Å². The number of likely N-dealkylation sites (tertiary alicyclic amines) is 1. The van der Waals surface area contributed by atoms with Crippen LogP contribution in [0.25, 0.3) is 0 Å². The highest BCUT2D eigenvalue weighted by atomic mass is 35.5. The topological polar surface area (TPSA) is 42.2 Å². The second kappa shape index (κ2) is 6.42. The molecule has 0 radical (unpaired) electrons. The lowest BCUT2D eigenvalue weighted by Gasteiger charge is -2.34. The van der Waals surface area contributed by atoms with Crippen molar-refractivity contribution in [1.82, 2.24) is 9.88 Å². The smallest absolute Gasteiger partial charge is 0.180 e. The highest BCUT2D eigenvalue weighted by Gasteiger charge is 2.21. The lowest BCUT2D eigenvalue weighted by atomic mass is 10.0. The van der Waals surface area contributed by atoms with Gasteiger partial charge >= 0.3 is 0 Å². The fourth-order valence-electron chi connectivity index (χ4n) is 2.33. The van der Waals surface area contributed by atoms with Crippen LogP contribution in [0.4, 0.5) is 5.13 Å². The molecular weight excluding hydrogens is 242 g/mol. The van der Waals surface area contributed by atoms with E-state index in [0.717, 1.165) is 12.6 Å². The van der Waals surface area contributed by atoms with Crippen molar-refractivity contribution in [3.05, 3.63) is 11.1 Å². The van der Waals surface area contributed by atoms with Crippen molar-refractivity contribution in [3.8, 4) is 0 Å². The Morgan fingerprint density at radius 1 is 1.56 bits per heavy atom. The van der Waals surface area contributed by atoms with Crippen LogP contribution in [0.3, 0.4) is 0 Å². The summed E-state index contributed by atoms with van der Waals surface area (Å²) in [5.74, 6) is 0. The summed E-state index contributed by atoms with van der Waals surface area (Å²) in [5, 5.41) is 0.690. The lowest BCUT2D eigenvalue weighted by Crippen LogP contribution is -2.38. The molecule has 0 aliphatic carbocycles. The maximum atomic E-state index is 5.64. The number of aromatic nitrogens is 1. The third-order valence-corrected chi connectivity index (χ3v) is 3.96. The van der Waals surface area contributed by atoms with Crippen LogP contribution in [0.2, 0.25) is 0 Å². The van der Waals surface area contributed by atoms with Gasteiger partial charge in [-0.1, -0.05) is 13.3 Å². The molecule has 16 heavy (non-hydrogen) atoms. The number of piperidine rings is 1. The van der Waals surface area contributed by atoms with Gasteiger partial charge in [0.2, 0.25) is 0 Å². The van der Waals surface area contributed by atoms with Gasteiger partial charge < -0.3 is 5.73 Å². The number of nitrogens with two attached hydrogens (primary N) is 1. The first kappa shape index (κ1) is 13.7. The maximum absolute atomic E-state index is 5.64. The van der Waals surface area contributed by atoms with Crippen molar-refractivity contribution in [2.75, 3.05) is 12.3 Å². The number of nitrogens with zero attached hydrogens (tertiary/aromatic N) is 2. The predicted molar refractivity (Wildman–Crippen MR) is 72.1 cm³/mol. The Bertz CT molecular complexity index is 316. The van der Waals surface area contributed by atoms with Crippen LogP contribution in [0, 0.1) is 0 Å². The SMILES string of the molecule is CCC1CCCCN1Cc1cnc(N)s1.Cl. The first-order valence-electron chi connectivity index (χ1n) is 5.74. The zero-order valence-corrected chi connectivity index (χ0v) is 11.3. The molecule has 0 spiro atoms. The highest BCUT2D eigenvalue weighted by molar-refractivity contribution is 7.15. The fraction of sp³-hybridized carbons (Fsp3) is 0.727. The summed E-state index contributed by atoms with van der Waals surface area (Å²) >= 11 is 1.62. The summed E-state index contributed by atoms with van der Waals surface area (Å²) in [5.41, 5.74) is 5.64. The molecule has 2 heterocycles. The molecule has 1 aromatic rings. The molecule has 0 amide bonds. The van der Waals surface area contributed by atoms with Crippen LogP contribution in [-0.2, 0) is 6.54 Å². The average molecular weight is 262 g/mol. The average Bonchev–Trinajstić information content (AvgIpc) is 2.65.